The van der Waals surface area contributed by atoms with E-state index in [1.165, 1.54) is 18.4 Å². The van der Waals surface area contributed by atoms with Gasteiger partial charge < -0.3 is 10.1 Å². The normalized spacial score (nSPS) is 24.4. The van der Waals surface area contributed by atoms with Crippen LogP contribution in [-0.2, 0) is 4.79 Å². The third-order valence-corrected chi connectivity index (χ3v) is 6.00. The number of anilines is 1. The van der Waals surface area contributed by atoms with Crippen molar-refractivity contribution in [3.05, 3.63) is 48.2 Å². The molecule has 1 aromatic heterocycles. The van der Waals surface area contributed by atoms with Crippen LogP contribution < -0.4 is 10.1 Å². The number of hydrogen-bond donors (Lipinski definition) is 1. The van der Waals surface area contributed by atoms with Gasteiger partial charge in [-0.05, 0) is 64.7 Å². The number of carbonyl (C=O) groups excluding carboxylic acids is 1. The molecule has 0 aliphatic carbocycles. The molecule has 2 aliphatic heterocycles. The number of aromatic nitrogens is 1. The van der Waals surface area contributed by atoms with E-state index in [0.29, 0.717) is 24.0 Å². The second-order valence-corrected chi connectivity index (χ2v) is 8.38. The van der Waals surface area contributed by atoms with Gasteiger partial charge in [-0.1, -0.05) is 17.7 Å². The molecule has 4 rings (SSSR count). The molecule has 2 saturated heterocycles. The Balaban J connectivity index is 1.34. The summed E-state index contributed by atoms with van der Waals surface area (Å²) in [7, 11) is 0. The average Bonchev–Trinajstić information content (AvgIpc) is 2.95. The van der Waals surface area contributed by atoms with Crippen LogP contribution >= 0.6 is 0 Å². The lowest BCUT2D eigenvalue weighted by Gasteiger charge is -2.41. The molecule has 2 unspecified atom stereocenters. The lowest BCUT2D eigenvalue weighted by molar-refractivity contribution is -0.122. The number of aryl methyl sites for hydroxylation is 1. The number of amides is 1. The van der Waals surface area contributed by atoms with E-state index in [9.17, 15) is 4.79 Å². The maximum Gasteiger partial charge on any atom is 0.227 e. The number of pyridine rings is 1. The van der Waals surface area contributed by atoms with Gasteiger partial charge in [0.2, 0.25) is 11.8 Å². The second kappa shape index (κ2) is 7.92. The molecular formula is C23H29N3O2. The standard InChI is InChI=1S/C23H29N3O2/c1-15(2)26-19-7-8-20(26)13-17(12-19)23(27)25-18-6-11-22(24-14-18)28-21-9-4-16(3)5-10-21/h4-6,9-11,14-15,17,19-20H,7-8,12-13H2,1-3H3,(H,25,27). The van der Waals surface area contributed by atoms with Crippen LogP contribution in [0.5, 0.6) is 11.6 Å². The zero-order chi connectivity index (χ0) is 19.7. The summed E-state index contributed by atoms with van der Waals surface area (Å²) in [4.78, 5) is 19.7. The number of nitrogens with zero attached hydrogens (tertiary/aromatic N) is 2. The van der Waals surface area contributed by atoms with Gasteiger partial charge in [-0.3, -0.25) is 9.69 Å². The molecule has 5 heteroatoms. The van der Waals surface area contributed by atoms with Gasteiger partial charge in [0.25, 0.3) is 0 Å². The smallest absolute Gasteiger partial charge is 0.227 e. The monoisotopic (exact) mass is 379 g/mol. The fourth-order valence-corrected chi connectivity index (χ4v) is 4.76. The van der Waals surface area contributed by atoms with E-state index in [0.717, 1.165) is 24.3 Å². The molecule has 2 aliphatic rings. The maximum absolute atomic E-state index is 12.8. The molecule has 148 valence electrons. The highest BCUT2D eigenvalue weighted by Gasteiger charge is 2.43. The van der Waals surface area contributed by atoms with Crippen LogP contribution in [-0.4, -0.2) is 33.9 Å². The summed E-state index contributed by atoms with van der Waals surface area (Å²) in [5.41, 5.74) is 1.91. The molecule has 2 bridgehead atoms. The number of ether oxygens (including phenoxy) is 1. The predicted octanol–water partition coefficient (Wildman–Crippen LogP) is 4.77. The van der Waals surface area contributed by atoms with E-state index in [1.807, 2.05) is 37.3 Å². The number of nitrogens with one attached hydrogen (secondary N) is 1. The second-order valence-electron chi connectivity index (χ2n) is 8.38. The van der Waals surface area contributed by atoms with Crippen LogP contribution in [0.2, 0.25) is 0 Å². The van der Waals surface area contributed by atoms with Gasteiger partial charge in [-0.25, -0.2) is 4.98 Å². The summed E-state index contributed by atoms with van der Waals surface area (Å²) < 4.78 is 5.75. The van der Waals surface area contributed by atoms with Gasteiger partial charge in [0.1, 0.15) is 5.75 Å². The minimum absolute atomic E-state index is 0.0935. The Hall–Kier alpha value is -2.40. The predicted molar refractivity (Wildman–Crippen MR) is 111 cm³/mol. The molecule has 0 spiro atoms. The number of piperidine rings is 1. The summed E-state index contributed by atoms with van der Waals surface area (Å²) in [5, 5.41) is 3.05. The highest BCUT2D eigenvalue weighted by Crippen LogP contribution is 2.40. The first-order chi connectivity index (χ1) is 13.5. The van der Waals surface area contributed by atoms with E-state index < -0.39 is 0 Å². The molecule has 2 fully saturated rings. The highest BCUT2D eigenvalue weighted by atomic mass is 16.5. The molecule has 1 N–H and O–H groups in total. The molecule has 2 atom stereocenters. The quantitative estimate of drug-likeness (QED) is 0.813. The van der Waals surface area contributed by atoms with Crippen LogP contribution in [0.25, 0.3) is 0 Å². The number of carbonyl (C=O) groups is 1. The van der Waals surface area contributed by atoms with E-state index in [-0.39, 0.29) is 11.8 Å². The first-order valence-corrected chi connectivity index (χ1v) is 10.3. The van der Waals surface area contributed by atoms with E-state index in [2.05, 4.69) is 29.0 Å². The SMILES string of the molecule is Cc1ccc(Oc2ccc(NC(=O)C3CC4CCC(C3)N4C(C)C)cn2)cc1. The van der Waals surface area contributed by atoms with Crippen molar-refractivity contribution in [3.8, 4) is 11.6 Å². The minimum Gasteiger partial charge on any atom is -0.439 e. The molecule has 28 heavy (non-hydrogen) atoms. The molecule has 2 aromatic rings. The topological polar surface area (TPSA) is 54.5 Å². The number of benzene rings is 1. The number of rotatable bonds is 5. The van der Waals surface area contributed by atoms with Crippen LogP contribution in [0.4, 0.5) is 5.69 Å². The Morgan fingerprint density at radius 3 is 2.36 bits per heavy atom. The van der Waals surface area contributed by atoms with Crippen molar-refractivity contribution in [3.63, 3.8) is 0 Å². The van der Waals surface area contributed by atoms with Crippen molar-refractivity contribution in [1.29, 1.82) is 0 Å². The Labute approximate surface area is 167 Å². The van der Waals surface area contributed by atoms with Crippen molar-refractivity contribution < 1.29 is 9.53 Å². The Kier molecular flexibility index (Phi) is 5.36. The van der Waals surface area contributed by atoms with Crippen LogP contribution in [0.3, 0.4) is 0 Å². The zero-order valence-corrected chi connectivity index (χ0v) is 16.9. The van der Waals surface area contributed by atoms with Gasteiger partial charge in [-0.2, -0.15) is 0 Å². The first kappa shape index (κ1) is 18.9. The average molecular weight is 380 g/mol. The minimum atomic E-state index is 0.0935. The maximum atomic E-state index is 12.8. The third-order valence-electron chi connectivity index (χ3n) is 6.00. The van der Waals surface area contributed by atoms with Gasteiger partial charge in [-0.15, -0.1) is 0 Å². The number of hydrogen-bond acceptors (Lipinski definition) is 4. The Morgan fingerprint density at radius 1 is 1.11 bits per heavy atom. The van der Waals surface area contributed by atoms with Crippen LogP contribution in [0, 0.1) is 12.8 Å². The fraction of sp³-hybridized carbons (Fsp3) is 0.478. The summed E-state index contributed by atoms with van der Waals surface area (Å²) in [6.45, 7) is 6.56. The van der Waals surface area contributed by atoms with Crippen LogP contribution in [0.15, 0.2) is 42.6 Å². The molecule has 0 radical (unpaired) electrons. The van der Waals surface area contributed by atoms with Crippen molar-refractivity contribution in [2.75, 3.05) is 5.32 Å². The summed E-state index contributed by atoms with van der Waals surface area (Å²) in [6.07, 6.45) is 6.03. The third kappa shape index (κ3) is 4.04. The molecule has 3 heterocycles. The summed E-state index contributed by atoms with van der Waals surface area (Å²) in [5.74, 6) is 1.48. The molecule has 1 amide bonds. The first-order valence-electron chi connectivity index (χ1n) is 10.3. The van der Waals surface area contributed by atoms with Crippen molar-refractivity contribution in [2.24, 2.45) is 5.92 Å². The van der Waals surface area contributed by atoms with Gasteiger partial charge >= 0.3 is 0 Å². The van der Waals surface area contributed by atoms with Crippen molar-refractivity contribution in [1.82, 2.24) is 9.88 Å². The van der Waals surface area contributed by atoms with Gasteiger partial charge in [0.05, 0.1) is 11.9 Å². The molecule has 1 aromatic carbocycles. The van der Waals surface area contributed by atoms with E-state index >= 15 is 0 Å². The summed E-state index contributed by atoms with van der Waals surface area (Å²) in [6, 6.07) is 13.2. The Morgan fingerprint density at radius 2 is 1.79 bits per heavy atom. The lowest BCUT2D eigenvalue weighted by Crippen LogP contribution is -2.48. The highest BCUT2D eigenvalue weighted by molar-refractivity contribution is 5.92. The van der Waals surface area contributed by atoms with Crippen LogP contribution in [0.1, 0.15) is 45.1 Å². The van der Waals surface area contributed by atoms with E-state index in [4.69, 9.17) is 4.74 Å². The fourth-order valence-electron chi connectivity index (χ4n) is 4.76. The van der Waals surface area contributed by atoms with E-state index in [1.54, 1.807) is 12.3 Å². The Bertz CT molecular complexity index is 803. The summed E-state index contributed by atoms with van der Waals surface area (Å²) >= 11 is 0. The molecule has 5 nitrogen and oxygen atoms in total. The number of fused-ring (bicyclic) bond motifs is 2. The molecule has 0 saturated carbocycles. The van der Waals surface area contributed by atoms with Gasteiger partial charge in [0, 0.05) is 30.1 Å². The van der Waals surface area contributed by atoms with Crippen molar-refractivity contribution in [2.45, 2.75) is 64.6 Å². The molecular weight excluding hydrogens is 350 g/mol. The lowest BCUT2D eigenvalue weighted by atomic mass is 9.89. The largest absolute Gasteiger partial charge is 0.439 e. The zero-order valence-electron chi connectivity index (χ0n) is 16.9. The van der Waals surface area contributed by atoms with Crippen molar-refractivity contribution >= 4 is 11.6 Å². The van der Waals surface area contributed by atoms with Gasteiger partial charge in [0.15, 0.2) is 0 Å².